The standard InChI is InChI=1S/C14H20FN3O2/c1-14(2,3)20-13(19)18-7-6-16-9-11(18)10-4-5-12(15)17-8-10/h4-5,8,11,16H,6-7,9H2,1-3H3. The lowest BCUT2D eigenvalue weighted by atomic mass is 10.1. The molecule has 1 saturated heterocycles. The van der Waals surface area contributed by atoms with Crippen LogP contribution in [0.1, 0.15) is 32.4 Å². The normalized spacial score (nSPS) is 19.8. The fourth-order valence-corrected chi connectivity index (χ4v) is 2.13. The number of carbonyl (C=O) groups is 1. The monoisotopic (exact) mass is 281 g/mol. The second kappa shape index (κ2) is 5.75. The van der Waals surface area contributed by atoms with Crippen LogP contribution in [0.4, 0.5) is 9.18 Å². The van der Waals surface area contributed by atoms with Crippen molar-refractivity contribution in [3.8, 4) is 0 Å². The lowest BCUT2D eigenvalue weighted by Gasteiger charge is -2.37. The summed E-state index contributed by atoms with van der Waals surface area (Å²) in [5.74, 6) is -0.527. The van der Waals surface area contributed by atoms with Crippen LogP contribution in [-0.4, -0.2) is 41.2 Å². The summed E-state index contributed by atoms with van der Waals surface area (Å²) in [4.78, 5) is 17.6. The summed E-state index contributed by atoms with van der Waals surface area (Å²) in [5, 5.41) is 3.22. The van der Waals surface area contributed by atoms with Gasteiger partial charge in [-0.3, -0.25) is 4.90 Å². The molecule has 1 aromatic rings. The van der Waals surface area contributed by atoms with E-state index in [4.69, 9.17) is 4.74 Å². The highest BCUT2D eigenvalue weighted by Crippen LogP contribution is 2.24. The van der Waals surface area contributed by atoms with E-state index in [0.29, 0.717) is 19.6 Å². The SMILES string of the molecule is CC(C)(C)OC(=O)N1CCNCC1c1ccc(F)nc1. The first kappa shape index (κ1) is 14.7. The highest BCUT2D eigenvalue weighted by atomic mass is 19.1. The number of pyridine rings is 1. The van der Waals surface area contributed by atoms with Crippen molar-refractivity contribution in [1.29, 1.82) is 0 Å². The number of nitrogens with zero attached hydrogens (tertiary/aromatic N) is 2. The highest BCUT2D eigenvalue weighted by Gasteiger charge is 2.31. The molecule has 1 unspecified atom stereocenters. The van der Waals surface area contributed by atoms with Crippen molar-refractivity contribution in [2.75, 3.05) is 19.6 Å². The Morgan fingerprint density at radius 3 is 2.85 bits per heavy atom. The molecule has 110 valence electrons. The average molecular weight is 281 g/mol. The molecule has 1 amide bonds. The van der Waals surface area contributed by atoms with Crippen LogP contribution >= 0.6 is 0 Å². The number of piperazine rings is 1. The minimum Gasteiger partial charge on any atom is -0.444 e. The van der Waals surface area contributed by atoms with Crippen LogP contribution in [0.5, 0.6) is 0 Å². The number of hydrogen-bond donors (Lipinski definition) is 1. The van der Waals surface area contributed by atoms with Crippen molar-refractivity contribution in [2.24, 2.45) is 0 Å². The number of carbonyl (C=O) groups excluding carboxylic acids is 1. The molecule has 1 fully saturated rings. The number of nitrogens with one attached hydrogen (secondary N) is 1. The van der Waals surface area contributed by atoms with E-state index in [9.17, 15) is 9.18 Å². The zero-order valence-corrected chi connectivity index (χ0v) is 12.0. The largest absolute Gasteiger partial charge is 0.444 e. The molecule has 5 nitrogen and oxygen atoms in total. The third-order valence-corrected chi connectivity index (χ3v) is 3.01. The molecule has 1 aliphatic rings. The Balaban J connectivity index is 2.16. The van der Waals surface area contributed by atoms with Crippen molar-refractivity contribution in [3.63, 3.8) is 0 Å². The van der Waals surface area contributed by atoms with Crippen molar-refractivity contribution >= 4 is 6.09 Å². The number of halogens is 1. The van der Waals surface area contributed by atoms with E-state index in [1.54, 1.807) is 11.0 Å². The Hall–Kier alpha value is -1.69. The van der Waals surface area contributed by atoms with E-state index in [1.165, 1.54) is 12.3 Å². The fourth-order valence-electron chi connectivity index (χ4n) is 2.13. The maximum atomic E-state index is 12.9. The molecule has 0 saturated carbocycles. The maximum Gasteiger partial charge on any atom is 0.410 e. The van der Waals surface area contributed by atoms with Gasteiger partial charge in [0.1, 0.15) is 5.60 Å². The molecule has 2 rings (SSSR count). The van der Waals surface area contributed by atoms with Gasteiger partial charge in [0.15, 0.2) is 0 Å². The van der Waals surface area contributed by atoms with Gasteiger partial charge in [-0.1, -0.05) is 6.07 Å². The molecule has 1 atom stereocenters. The van der Waals surface area contributed by atoms with Gasteiger partial charge in [-0.05, 0) is 32.4 Å². The predicted octanol–water partition coefficient (Wildman–Crippen LogP) is 2.10. The van der Waals surface area contributed by atoms with Crippen LogP contribution in [0.15, 0.2) is 18.3 Å². The summed E-state index contributed by atoms with van der Waals surface area (Å²) in [7, 11) is 0. The average Bonchev–Trinajstić information content (AvgIpc) is 2.38. The smallest absolute Gasteiger partial charge is 0.410 e. The number of rotatable bonds is 1. The highest BCUT2D eigenvalue weighted by molar-refractivity contribution is 5.69. The van der Waals surface area contributed by atoms with E-state index in [0.717, 1.165) is 5.56 Å². The van der Waals surface area contributed by atoms with Crippen molar-refractivity contribution in [3.05, 3.63) is 29.8 Å². The molecular formula is C14H20FN3O2. The molecule has 0 aromatic carbocycles. The van der Waals surface area contributed by atoms with Gasteiger partial charge >= 0.3 is 6.09 Å². The minimum atomic E-state index is -0.534. The number of ether oxygens (including phenoxy) is 1. The van der Waals surface area contributed by atoms with Crippen LogP contribution in [-0.2, 0) is 4.74 Å². The van der Waals surface area contributed by atoms with Gasteiger partial charge in [-0.25, -0.2) is 9.78 Å². The lowest BCUT2D eigenvalue weighted by molar-refractivity contribution is 0.0117. The number of aromatic nitrogens is 1. The van der Waals surface area contributed by atoms with E-state index in [-0.39, 0.29) is 12.1 Å². The first-order chi connectivity index (χ1) is 9.37. The molecular weight excluding hydrogens is 261 g/mol. The van der Waals surface area contributed by atoms with E-state index >= 15 is 0 Å². The Bertz CT molecular complexity index is 470. The van der Waals surface area contributed by atoms with Crippen LogP contribution in [0.3, 0.4) is 0 Å². The summed E-state index contributed by atoms with van der Waals surface area (Å²) >= 11 is 0. The molecule has 0 spiro atoms. The van der Waals surface area contributed by atoms with Gasteiger partial charge < -0.3 is 10.1 Å². The summed E-state index contributed by atoms with van der Waals surface area (Å²) < 4.78 is 18.3. The maximum absolute atomic E-state index is 12.9. The molecule has 1 aliphatic heterocycles. The second-order valence-corrected chi connectivity index (χ2v) is 5.81. The van der Waals surface area contributed by atoms with E-state index in [1.807, 2.05) is 20.8 Å². The first-order valence-corrected chi connectivity index (χ1v) is 6.68. The van der Waals surface area contributed by atoms with E-state index in [2.05, 4.69) is 10.3 Å². The molecule has 0 radical (unpaired) electrons. The summed E-state index contributed by atoms with van der Waals surface area (Å²) in [6.07, 6.45) is 1.11. The van der Waals surface area contributed by atoms with Gasteiger partial charge in [-0.15, -0.1) is 0 Å². The summed E-state index contributed by atoms with van der Waals surface area (Å²) in [5.41, 5.74) is 0.262. The zero-order valence-electron chi connectivity index (χ0n) is 12.0. The third-order valence-electron chi connectivity index (χ3n) is 3.01. The van der Waals surface area contributed by atoms with Crippen molar-refractivity contribution in [1.82, 2.24) is 15.2 Å². The number of amides is 1. The third kappa shape index (κ3) is 3.66. The molecule has 1 aromatic heterocycles. The minimum absolute atomic E-state index is 0.188. The molecule has 1 N–H and O–H groups in total. The Morgan fingerprint density at radius 2 is 2.25 bits per heavy atom. The fraction of sp³-hybridized carbons (Fsp3) is 0.571. The van der Waals surface area contributed by atoms with Gasteiger partial charge in [0.2, 0.25) is 5.95 Å². The summed E-state index contributed by atoms with van der Waals surface area (Å²) in [6.45, 7) is 7.37. The molecule has 2 heterocycles. The van der Waals surface area contributed by atoms with Crippen LogP contribution in [0, 0.1) is 5.95 Å². The van der Waals surface area contributed by atoms with Gasteiger partial charge in [-0.2, -0.15) is 4.39 Å². The quantitative estimate of drug-likeness (QED) is 0.801. The Kier molecular flexibility index (Phi) is 4.23. The topological polar surface area (TPSA) is 54.5 Å². The van der Waals surface area contributed by atoms with Crippen molar-refractivity contribution in [2.45, 2.75) is 32.4 Å². The van der Waals surface area contributed by atoms with Gasteiger partial charge in [0.25, 0.3) is 0 Å². The van der Waals surface area contributed by atoms with E-state index < -0.39 is 11.5 Å². The molecule has 0 bridgehead atoms. The molecule has 6 heteroatoms. The molecule has 20 heavy (non-hydrogen) atoms. The van der Waals surface area contributed by atoms with Crippen LogP contribution in [0.25, 0.3) is 0 Å². The first-order valence-electron chi connectivity index (χ1n) is 6.68. The van der Waals surface area contributed by atoms with Crippen LogP contribution < -0.4 is 5.32 Å². The predicted molar refractivity (Wildman–Crippen MR) is 72.7 cm³/mol. The number of hydrogen-bond acceptors (Lipinski definition) is 4. The summed E-state index contributed by atoms with van der Waals surface area (Å²) in [6, 6.07) is 2.76. The Morgan fingerprint density at radius 1 is 1.50 bits per heavy atom. The molecule has 0 aliphatic carbocycles. The van der Waals surface area contributed by atoms with Gasteiger partial charge in [0.05, 0.1) is 6.04 Å². The van der Waals surface area contributed by atoms with Crippen molar-refractivity contribution < 1.29 is 13.9 Å². The van der Waals surface area contributed by atoms with Gasteiger partial charge in [0, 0.05) is 25.8 Å². The lowest BCUT2D eigenvalue weighted by Crippen LogP contribution is -2.50. The van der Waals surface area contributed by atoms with Crippen LogP contribution in [0.2, 0.25) is 0 Å². The Labute approximate surface area is 118 Å². The zero-order chi connectivity index (χ0) is 14.8. The second-order valence-electron chi connectivity index (χ2n) is 5.81.